The summed E-state index contributed by atoms with van der Waals surface area (Å²) in [5.74, 6) is 0.340. The van der Waals surface area contributed by atoms with Gasteiger partial charge in [0.15, 0.2) is 11.3 Å². The molecule has 2 heterocycles. The zero-order valence-corrected chi connectivity index (χ0v) is 14.1. The molecule has 0 radical (unpaired) electrons. The Balaban J connectivity index is 2.23. The molecule has 0 aliphatic rings. The van der Waals surface area contributed by atoms with Crippen molar-refractivity contribution >= 4 is 17.2 Å². The summed E-state index contributed by atoms with van der Waals surface area (Å²) in [5.41, 5.74) is 1.34. The van der Waals surface area contributed by atoms with E-state index >= 15 is 0 Å². The quantitative estimate of drug-likeness (QED) is 0.609. The van der Waals surface area contributed by atoms with Crippen molar-refractivity contribution < 1.29 is 13.2 Å². The molecule has 2 aromatic heterocycles. The SMILES string of the molecule is Cc1nn2c(C(F)(F)F)cc(-c3ccc(C(C)C)cc3)nc2c1Cl. The highest BCUT2D eigenvalue weighted by molar-refractivity contribution is 6.34. The highest BCUT2D eigenvalue weighted by Gasteiger charge is 2.35. The fourth-order valence-corrected chi connectivity index (χ4v) is 2.65. The van der Waals surface area contributed by atoms with Crippen LogP contribution in [-0.2, 0) is 6.18 Å². The first-order chi connectivity index (χ1) is 11.2. The molecule has 0 amide bonds. The van der Waals surface area contributed by atoms with E-state index in [0.717, 1.165) is 16.1 Å². The van der Waals surface area contributed by atoms with E-state index in [2.05, 4.69) is 23.9 Å². The van der Waals surface area contributed by atoms with Gasteiger partial charge in [-0.15, -0.1) is 0 Å². The number of aromatic nitrogens is 3. The highest BCUT2D eigenvalue weighted by Crippen LogP contribution is 2.34. The Morgan fingerprint density at radius 3 is 2.29 bits per heavy atom. The Morgan fingerprint density at radius 2 is 1.75 bits per heavy atom. The normalized spacial score (nSPS) is 12.3. The van der Waals surface area contributed by atoms with Gasteiger partial charge in [0.05, 0.1) is 11.4 Å². The minimum absolute atomic E-state index is 0.00641. The van der Waals surface area contributed by atoms with Crippen LogP contribution in [0, 0.1) is 6.92 Å². The minimum Gasteiger partial charge on any atom is -0.227 e. The molecule has 0 atom stereocenters. The fourth-order valence-electron chi connectivity index (χ4n) is 2.49. The number of benzene rings is 1. The molecule has 3 rings (SSSR count). The van der Waals surface area contributed by atoms with Gasteiger partial charge < -0.3 is 0 Å². The zero-order valence-electron chi connectivity index (χ0n) is 13.3. The number of alkyl halides is 3. The molecule has 0 fully saturated rings. The summed E-state index contributed by atoms with van der Waals surface area (Å²) in [4.78, 5) is 4.28. The van der Waals surface area contributed by atoms with Crippen LogP contribution in [0.5, 0.6) is 0 Å². The van der Waals surface area contributed by atoms with Crippen molar-refractivity contribution in [3.63, 3.8) is 0 Å². The van der Waals surface area contributed by atoms with Crippen LogP contribution < -0.4 is 0 Å². The lowest BCUT2D eigenvalue weighted by molar-refractivity contribution is -0.142. The summed E-state index contributed by atoms with van der Waals surface area (Å²) >= 11 is 6.08. The molecule has 1 aromatic carbocycles. The Labute approximate surface area is 142 Å². The van der Waals surface area contributed by atoms with Crippen molar-refractivity contribution in [2.45, 2.75) is 32.9 Å². The van der Waals surface area contributed by atoms with Gasteiger partial charge in [-0.1, -0.05) is 49.7 Å². The minimum atomic E-state index is -4.56. The molecule has 7 heteroatoms. The Morgan fingerprint density at radius 1 is 1.12 bits per heavy atom. The van der Waals surface area contributed by atoms with Gasteiger partial charge in [-0.25, -0.2) is 9.50 Å². The highest BCUT2D eigenvalue weighted by atomic mass is 35.5. The Hall–Kier alpha value is -2.08. The molecular weight excluding hydrogens is 339 g/mol. The number of aryl methyl sites for hydroxylation is 1. The van der Waals surface area contributed by atoms with E-state index in [1.807, 2.05) is 12.1 Å². The lowest BCUT2D eigenvalue weighted by Gasteiger charge is -2.12. The summed E-state index contributed by atoms with van der Waals surface area (Å²) in [7, 11) is 0. The monoisotopic (exact) mass is 353 g/mol. The molecule has 0 aliphatic carbocycles. The topological polar surface area (TPSA) is 30.2 Å². The van der Waals surface area contributed by atoms with E-state index in [4.69, 9.17) is 11.6 Å². The fraction of sp³-hybridized carbons (Fsp3) is 0.294. The maximum Gasteiger partial charge on any atom is 0.433 e. The second kappa shape index (κ2) is 5.77. The molecule has 126 valence electrons. The molecule has 0 bridgehead atoms. The summed E-state index contributed by atoms with van der Waals surface area (Å²) in [5, 5.41) is 3.98. The van der Waals surface area contributed by atoms with Crippen molar-refractivity contribution in [2.24, 2.45) is 0 Å². The van der Waals surface area contributed by atoms with Crippen LogP contribution in [0.2, 0.25) is 5.02 Å². The van der Waals surface area contributed by atoms with Gasteiger partial charge in [-0.05, 0) is 24.5 Å². The van der Waals surface area contributed by atoms with E-state index in [9.17, 15) is 13.2 Å². The average Bonchev–Trinajstić information content (AvgIpc) is 2.80. The second-order valence-corrected chi connectivity index (χ2v) is 6.31. The molecule has 3 aromatic rings. The molecule has 0 unspecified atom stereocenters. The van der Waals surface area contributed by atoms with Crippen LogP contribution >= 0.6 is 11.6 Å². The van der Waals surface area contributed by atoms with E-state index in [1.165, 1.54) is 0 Å². The maximum atomic E-state index is 13.4. The first-order valence-electron chi connectivity index (χ1n) is 7.42. The van der Waals surface area contributed by atoms with E-state index in [0.29, 0.717) is 17.2 Å². The van der Waals surface area contributed by atoms with Crippen molar-refractivity contribution in [1.82, 2.24) is 14.6 Å². The van der Waals surface area contributed by atoms with Crippen molar-refractivity contribution in [1.29, 1.82) is 0 Å². The van der Waals surface area contributed by atoms with Gasteiger partial charge in [0, 0.05) is 5.56 Å². The van der Waals surface area contributed by atoms with Gasteiger partial charge in [0.2, 0.25) is 0 Å². The molecule has 0 N–H and O–H groups in total. The number of rotatable bonds is 2. The van der Waals surface area contributed by atoms with Crippen LogP contribution in [-0.4, -0.2) is 14.6 Å². The number of fused-ring (bicyclic) bond motifs is 1. The van der Waals surface area contributed by atoms with Crippen molar-refractivity contribution in [3.8, 4) is 11.3 Å². The third-order valence-electron chi connectivity index (χ3n) is 3.86. The van der Waals surface area contributed by atoms with E-state index in [-0.39, 0.29) is 16.4 Å². The average molecular weight is 354 g/mol. The predicted octanol–water partition coefficient (Wildman–Crippen LogP) is 5.50. The largest absolute Gasteiger partial charge is 0.433 e. The first kappa shape index (κ1) is 16.8. The Bertz CT molecular complexity index is 896. The molecular formula is C17H15ClF3N3. The number of hydrogen-bond acceptors (Lipinski definition) is 2. The zero-order chi connectivity index (χ0) is 17.6. The number of hydrogen-bond donors (Lipinski definition) is 0. The van der Waals surface area contributed by atoms with Crippen LogP contribution in [0.1, 0.15) is 36.7 Å². The van der Waals surface area contributed by atoms with Crippen LogP contribution in [0.3, 0.4) is 0 Å². The van der Waals surface area contributed by atoms with Crippen LogP contribution in [0.4, 0.5) is 13.2 Å². The van der Waals surface area contributed by atoms with E-state index in [1.54, 1.807) is 19.1 Å². The maximum absolute atomic E-state index is 13.4. The van der Waals surface area contributed by atoms with E-state index < -0.39 is 11.9 Å². The molecule has 24 heavy (non-hydrogen) atoms. The third kappa shape index (κ3) is 2.86. The second-order valence-electron chi connectivity index (χ2n) is 5.94. The van der Waals surface area contributed by atoms with Crippen LogP contribution in [0.25, 0.3) is 16.9 Å². The van der Waals surface area contributed by atoms with Gasteiger partial charge >= 0.3 is 6.18 Å². The van der Waals surface area contributed by atoms with Crippen molar-refractivity contribution in [2.75, 3.05) is 0 Å². The summed E-state index contributed by atoms with van der Waals surface area (Å²) in [6.07, 6.45) is -4.56. The third-order valence-corrected chi connectivity index (χ3v) is 4.30. The Kier molecular flexibility index (Phi) is 4.03. The summed E-state index contributed by atoms with van der Waals surface area (Å²) < 4.78 is 40.9. The smallest absolute Gasteiger partial charge is 0.227 e. The van der Waals surface area contributed by atoms with Crippen LogP contribution in [0.15, 0.2) is 30.3 Å². The van der Waals surface area contributed by atoms with Gasteiger partial charge in [-0.2, -0.15) is 18.3 Å². The number of halogens is 4. The summed E-state index contributed by atoms with van der Waals surface area (Å²) in [6, 6.07) is 8.32. The molecule has 0 saturated heterocycles. The molecule has 0 aliphatic heterocycles. The van der Waals surface area contributed by atoms with Gasteiger partial charge in [0.1, 0.15) is 5.02 Å². The summed E-state index contributed by atoms with van der Waals surface area (Å²) in [6.45, 7) is 5.65. The standard InChI is InChI=1S/C17H15ClF3N3/c1-9(2)11-4-6-12(7-5-11)13-8-14(17(19,20)21)24-16(22-13)15(18)10(3)23-24/h4-9H,1-3H3. The van der Waals surface area contributed by atoms with Gasteiger partial charge in [-0.3, -0.25) is 0 Å². The lowest BCUT2D eigenvalue weighted by Crippen LogP contribution is -2.13. The molecule has 3 nitrogen and oxygen atoms in total. The number of nitrogens with zero attached hydrogens (tertiary/aromatic N) is 3. The molecule has 0 spiro atoms. The predicted molar refractivity (Wildman–Crippen MR) is 87.3 cm³/mol. The molecule has 0 saturated carbocycles. The first-order valence-corrected chi connectivity index (χ1v) is 7.79. The van der Waals surface area contributed by atoms with Gasteiger partial charge in [0.25, 0.3) is 0 Å². The lowest BCUT2D eigenvalue weighted by atomic mass is 10.0. The van der Waals surface area contributed by atoms with Crippen molar-refractivity contribution in [3.05, 3.63) is 52.3 Å².